The van der Waals surface area contributed by atoms with E-state index >= 15 is 0 Å². The molecule has 4 heterocycles. The monoisotopic (exact) mass is 648 g/mol. The molecule has 1 fully saturated rings. The highest BCUT2D eigenvalue weighted by atomic mass is 32.2. The van der Waals surface area contributed by atoms with Crippen molar-refractivity contribution in [2.75, 3.05) is 26.4 Å². The first kappa shape index (κ1) is 32.0. The van der Waals surface area contributed by atoms with Crippen LogP contribution in [0.25, 0.3) is 11.0 Å². The standard InChI is InChI=1S/C33H40N6O6S/c1-20-15-28-31(35-17-20)45-14-13-44-12-6-11-38(46(28,42)43)19-24-16-23(18-34-22(24)3)29(33(4,5)32(40)41)26-9-10-27-30(21(26)2)36-37-39(27)25-7-8-25/h9-10,15-18,25,29H,6-8,11-14,19H2,1-5H3,(H,40,41)/t29-/m1/s1. The van der Waals surface area contributed by atoms with E-state index in [1.54, 1.807) is 39.2 Å². The smallest absolute Gasteiger partial charge is 0.310 e. The fourth-order valence-corrected chi connectivity index (χ4v) is 7.78. The third kappa shape index (κ3) is 5.98. The van der Waals surface area contributed by atoms with E-state index in [2.05, 4.69) is 20.3 Å². The number of hydrogen-bond acceptors (Lipinski definition) is 9. The maximum atomic E-state index is 14.2. The van der Waals surface area contributed by atoms with Gasteiger partial charge in [0.15, 0.2) is 0 Å². The zero-order valence-corrected chi connectivity index (χ0v) is 27.7. The average Bonchev–Trinajstić information content (AvgIpc) is 3.76. The normalized spacial score (nSPS) is 18.4. The summed E-state index contributed by atoms with van der Waals surface area (Å²) in [5.74, 6) is -1.53. The van der Waals surface area contributed by atoms with Gasteiger partial charge in [-0.15, -0.1) is 5.10 Å². The molecule has 1 aromatic carbocycles. The van der Waals surface area contributed by atoms with E-state index in [0.717, 1.165) is 35.0 Å². The molecule has 1 aliphatic carbocycles. The Bertz CT molecular complexity index is 1900. The number of carbonyl (C=O) groups is 1. The molecule has 0 radical (unpaired) electrons. The van der Waals surface area contributed by atoms with Gasteiger partial charge in [-0.05, 0) is 93.8 Å². The van der Waals surface area contributed by atoms with Crippen LogP contribution in [0.2, 0.25) is 0 Å². The minimum atomic E-state index is -4.04. The molecule has 0 unspecified atom stereocenters. The van der Waals surface area contributed by atoms with Gasteiger partial charge in [0.05, 0.1) is 23.6 Å². The summed E-state index contributed by atoms with van der Waals surface area (Å²) in [7, 11) is -4.04. The summed E-state index contributed by atoms with van der Waals surface area (Å²) in [4.78, 5) is 21.7. The van der Waals surface area contributed by atoms with Crippen LogP contribution in [-0.4, -0.2) is 75.1 Å². The first-order chi connectivity index (χ1) is 21.9. The third-order valence-electron chi connectivity index (χ3n) is 9.04. The summed E-state index contributed by atoms with van der Waals surface area (Å²) < 4.78 is 43.1. The number of aryl methyl sites for hydroxylation is 3. The Morgan fingerprint density at radius 1 is 1.09 bits per heavy atom. The number of aromatic nitrogens is 5. The Kier molecular flexibility index (Phi) is 8.59. The van der Waals surface area contributed by atoms with E-state index in [9.17, 15) is 18.3 Å². The summed E-state index contributed by atoms with van der Waals surface area (Å²) in [6, 6.07) is 7.77. The second-order valence-corrected chi connectivity index (χ2v) is 14.8. The molecule has 46 heavy (non-hydrogen) atoms. The summed E-state index contributed by atoms with van der Waals surface area (Å²) in [5, 5.41) is 19.3. The molecule has 1 N–H and O–H groups in total. The second-order valence-electron chi connectivity index (χ2n) is 12.9. The van der Waals surface area contributed by atoms with Crippen molar-refractivity contribution in [3.05, 3.63) is 70.2 Å². The lowest BCUT2D eigenvalue weighted by atomic mass is 9.70. The number of benzene rings is 1. The van der Waals surface area contributed by atoms with Crippen molar-refractivity contribution in [1.29, 1.82) is 0 Å². The zero-order chi connectivity index (χ0) is 32.8. The summed E-state index contributed by atoms with van der Waals surface area (Å²) in [6.07, 6.45) is 5.90. The van der Waals surface area contributed by atoms with Crippen LogP contribution in [0.3, 0.4) is 0 Å². The van der Waals surface area contributed by atoms with Gasteiger partial charge in [0.2, 0.25) is 15.9 Å². The Hall–Kier alpha value is -3.94. The fourth-order valence-electron chi connectivity index (χ4n) is 6.16. The number of ether oxygens (including phenoxy) is 2. The van der Waals surface area contributed by atoms with E-state index in [0.29, 0.717) is 48.1 Å². The number of hydrogen-bond donors (Lipinski definition) is 1. The van der Waals surface area contributed by atoms with Crippen LogP contribution in [0.5, 0.6) is 5.88 Å². The van der Waals surface area contributed by atoms with Crippen molar-refractivity contribution in [2.24, 2.45) is 5.41 Å². The van der Waals surface area contributed by atoms with Crippen LogP contribution < -0.4 is 4.74 Å². The molecule has 1 saturated carbocycles. The third-order valence-corrected chi connectivity index (χ3v) is 10.9. The predicted molar refractivity (Wildman–Crippen MR) is 170 cm³/mol. The number of nitrogens with zero attached hydrogens (tertiary/aromatic N) is 6. The van der Waals surface area contributed by atoms with Crippen molar-refractivity contribution >= 4 is 27.0 Å². The van der Waals surface area contributed by atoms with Gasteiger partial charge in [0.25, 0.3) is 0 Å². The largest absolute Gasteiger partial charge is 0.481 e. The molecule has 4 aromatic rings. The fraction of sp³-hybridized carbons (Fsp3) is 0.485. The average molecular weight is 649 g/mol. The molecule has 2 aliphatic rings. The van der Waals surface area contributed by atoms with Crippen LogP contribution in [0.15, 0.2) is 41.6 Å². The molecule has 6 rings (SSSR count). The van der Waals surface area contributed by atoms with Crippen molar-refractivity contribution < 1.29 is 27.8 Å². The van der Waals surface area contributed by atoms with Gasteiger partial charge in [0.1, 0.15) is 17.0 Å². The molecule has 1 aliphatic heterocycles. The molecule has 244 valence electrons. The second kappa shape index (κ2) is 12.3. The SMILES string of the molecule is Cc1cnc2c(c1)S(=O)(=O)N(Cc1cc([C@H](c3ccc4c(nnn4C4CC4)c3C)C(C)(C)C(=O)O)cnc1C)CCCOCCO2. The molecular formula is C33H40N6O6S. The molecule has 12 nitrogen and oxygen atoms in total. The number of carboxylic acids is 1. The van der Waals surface area contributed by atoms with Crippen LogP contribution in [0, 0.1) is 26.2 Å². The number of rotatable bonds is 7. The molecule has 1 atom stereocenters. The van der Waals surface area contributed by atoms with E-state index in [4.69, 9.17) is 9.47 Å². The molecule has 0 bridgehead atoms. The van der Waals surface area contributed by atoms with E-state index in [1.165, 1.54) is 4.31 Å². The van der Waals surface area contributed by atoms with Gasteiger partial charge in [-0.25, -0.2) is 18.1 Å². The lowest BCUT2D eigenvalue weighted by molar-refractivity contribution is -0.147. The number of carboxylic acid groups (broad SMARTS) is 1. The molecule has 13 heteroatoms. The Labute approximate surface area is 268 Å². The van der Waals surface area contributed by atoms with Crippen molar-refractivity contribution in [2.45, 2.75) is 77.3 Å². The van der Waals surface area contributed by atoms with E-state index in [-0.39, 0.29) is 30.5 Å². The van der Waals surface area contributed by atoms with Gasteiger partial charge in [0, 0.05) is 43.7 Å². The Morgan fingerprint density at radius 2 is 1.87 bits per heavy atom. The minimum Gasteiger partial charge on any atom is -0.481 e. The van der Waals surface area contributed by atoms with Gasteiger partial charge >= 0.3 is 5.97 Å². The summed E-state index contributed by atoms with van der Waals surface area (Å²) in [6.45, 7) is 10.1. The van der Waals surface area contributed by atoms with Gasteiger partial charge in [-0.2, -0.15) is 4.31 Å². The minimum absolute atomic E-state index is 0.00391. The molecule has 0 spiro atoms. The molecule has 3 aromatic heterocycles. The molecule has 0 amide bonds. The van der Waals surface area contributed by atoms with Crippen molar-refractivity contribution in [1.82, 2.24) is 29.3 Å². The van der Waals surface area contributed by atoms with E-state index < -0.39 is 27.3 Å². The lowest BCUT2D eigenvalue weighted by Gasteiger charge is -2.33. The summed E-state index contributed by atoms with van der Waals surface area (Å²) >= 11 is 0. The quantitative estimate of drug-likeness (QED) is 0.298. The number of pyridine rings is 2. The number of fused-ring (bicyclic) bond motifs is 2. The molecular weight excluding hydrogens is 608 g/mol. The lowest BCUT2D eigenvalue weighted by Crippen LogP contribution is -2.34. The molecule has 0 saturated heterocycles. The van der Waals surface area contributed by atoms with Crippen LogP contribution in [-0.2, 0) is 26.1 Å². The first-order valence-electron chi connectivity index (χ1n) is 15.6. The van der Waals surface area contributed by atoms with E-state index in [1.807, 2.05) is 36.7 Å². The van der Waals surface area contributed by atoms with Crippen LogP contribution >= 0.6 is 0 Å². The number of sulfonamides is 1. The first-order valence-corrected chi connectivity index (χ1v) is 17.0. The maximum absolute atomic E-state index is 14.2. The number of aliphatic carboxylic acids is 1. The predicted octanol–water partition coefficient (Wildman–Crippen LogP) is 4.71. The van der Waals surface area contributed by atoms with Crippen molar-refractivity contribution in [3.63, 3.8) is 0 Å². The van der Waals surface area contributed by atoms with Crippen molar-refractivity contribution in [3.8, 4) is 5.88 Å². The van der Waals surface area contributed by atoms with Gasteiger partial charge in [-0.3, -0.25) is 9.78 Å². The summed E-state index contributed by atoms with van der Waals surface area (Å²) in [5.41, 5.74) is 4.80. The van der Waals surface area contributed by atoms with Crippen LogP contribution in [0.1, 0.15) is 78.6 Å². The van der Waals surface area contributed by atoms with Gasteiger partial charge < -0.3 is 14.6 Å². The Morgan fingerprint density at radius 3 is 2.61 bits per heavy atom. The highest BCUT2D eigenvalue weighted by molar-refractivity contribution is 7.89. The highest BCUT2D eigenvalue weighted by Crippen LogP contribution is 2.45. The van der Waals surface area contributed by atoms with Gasteiger partial charge in [-0.1, -0.05) is 17.3 Å². The zero-order valence-electron chi connectivity index (χ0n) is 26.9. The topological polar surface area (TPSA) is 150 Å². The highest BCUT2D eigenvalue weighted by Gasteiger charge is 2.41. The Balaban J connectivity index is 1.43. The maximum Gasteiger partial charge on any atom is 0.310 e. The van der Waals surface area contributed by atoms with Crippen LogP contribution in [0.4, 0.5) is 0 Å².